The third kappa shape index (κ3) is 2.88. The van der Waals surface area contributed by atoms with Crippen molar-refractivity contribution in [1.82, 2.24) is 14.3 Å². The summed E-state index contributed by atoms with van der Waals surface area (Å²) in [5, 5.41) is 12.6. The number of hydrogen-bond acceptors (Lipinski definition) is 9. The third-order valence-corrected chi connectivity index (χ3v) is 5.28. The molecule has 0 radical (unpaired) electrons. The van der Waals surface area contributed by atoms with Crippen molar-refractivity contribution in [3.63, 3.8) is 0 Å². The molecule has 2 atom stereocenters. The summed E-state index contributed by atoms with van der Waals surface area (Å²) in [7, 11) is 0. The fourth-order valence-corrected chi connectivity index (χ4v) is 4.15. The van der Waals surface area contributed by atoms with Gasteiger partial charge in [-0.15, -0.1) is 11.8 Å². The minimum atomic E-state index is -1.21. The molecule has 0 unspecified atom stereocenters. The number of fused-ring (bicyclic) bond motifs is 1. The molecule has 122 valence electrons. The molecule has 0 bridgehead atoms. The second kappa shape index (κ2) is 6.16. The lowest BCUT2D eigenvalue weighted by Crippen LogP contribution is -2.67. The van der Waals surface area contributed by atoms with Gasteiger partial charge in [-0.05, 0) is 0 Å². The van der Waals surface area contributed by atoms with Crippen LogP contribution in [0.3, 0.4) is 0 Å². The van der Waals surface area contributed by atoms with Crippen molar-refractivity contribution in [3.8, 4) is 0 Å². The number of thioether (sulfide) groups is 1. The predicted octanol–water partition coefficient (Wildman–Crippen LogP) is 0.136. The zero-order chi connectivity index (χ0) is 16.6. The Kier molecular flexibility index (Phi) is 4.22. The minimum absolute atomic E-state index is 0.102. The highest BCUT2D eigenvalue weighted by molar-refractivity contribution is 8.00. The normalized spacial score (nSPS) is 23.2. The summed E-state index contributed by atoms with van der Waals surface area (Å²) in [6.07, 6.45) is 1.38. The molecule has 1 amide bonds. The molecule has 23 heavy (non-hydrogen) atoms. The Balaban J connectivity index is 1.79. The molecule has 1 aromatic heterocycles. The van der Waals surface area contributed by atoms with Gasteiger partial charge in [-0.25, -0.2) is 9.78 Å². The molecule has 11 heteroatoms. The first-order valence-electron chi connectivity index (χ1n) is 6.55. The van der Waals surface area contributed by atoms with Crippen LogP contribution in [0.25, 0.3) is 0 Å². The maximum absolute atomic E-state index is 12.3. The highest BCUT2D eigenvalue weighted by atomic mass is 32.2. The topological polar surface area (TPSA) is 122 Å². The van der Waals surface area contributed by atoms with E-state index in [1.54, 1.807) is 0 Å². The van der Waals surface area contributed by atoms with Crippen LogP contribution in [0.1, 0.15) is 6.92 Å². The number of aromatic nitrogens is 2. The van der Waals surface area contributed by atoms with Crippen LogP contribution in [0.4, 0.5) is 5.13 Å². The van der Waals surface area contributed by atoms with E-state index in [0.29, 0.717) is 16.5 Å². The van der Waals surface area contributed by atoms with E-state index in [4.69, 9.17) is 4.74 Å². The molecular formula is C12H12N4O5S2. The van der Waals surface area contributed by atoms with Gasteiger partial charge >= 0.3 is 11.9 Å². The highest BCUT2D eigenvalue weighted by Crippen LogP contribution is 2.41. The van der Waals surface area contributed by atoms with Crippen molar-refractivity contribution in [1.29, 1.82) is 0 Å². The van der Waals surface area contributed by atoms with Gasteiger partial charge in [0.1, 0.15) is 30.0 Å². The smallest absolute Gasteiger partial charge is 0.352 e. The Morgan fingerprint density at radius 2 is 2.35 bits per heavy atom. The lowest BCUT2D eigenvalue weighted by Gasteiger charge is -2.49. The molecule has 2 aliphatic rings. The average Bonchev–Trinajstić information content (AvgIpc) is 3.02. The van der Waals surface area contributed by atoms with E-state index >= 15 is 0 Å². The lowest BCUT2D eigenvalue weighted by atomic mass is 10.0. The van der Waals surface area contributed by atoms with Crippen LogP contribution in [-0.2, 0) is 19.1 Å². The Hall–Kier alpha value is -2.14. The maximum atomic E-state index is 12.3. The number of nitrogens with zero attached hydrogens (tertiary/aromatic N) is 3. The average molecular weight is 356 g/mol. The van der Waals surface area contributed by atoms with Crippen molar-refractivity contribution in [2.45, 2.75) is 18.3 Å². The molecule has 0 saturated carbocycles. The molecule has 9 nitrogen and oxygen atoms in total. The number of nitrogens with one attached hydrogen (secondary N) is 1. The van der Waals surface area contributed by atoms with E-state index in [2.05, 4.69) is 14.7 Å². The molecule has 0 spiro atoms. The van der Waals surface area contributed by atoms with Crippen molar-refractivity contribution in [2.75, 3.05) is 17.7 Å². The first-order valence-corrected chi connectivity index (χ1v) is 8.38. The molecule has 0 aromatic carbocycles. The van der Waals surface area contributed by atoms with E-state index in [-0.39, 0.29) is 23.6 Å². The van der Waals surface area contributed by atoms with Gasteiger partial charge in [0.15, 0.2) is 0 Å². The molecule has 3 heterocycles. The lowest BCUT2D eigenvalue weighted by molar-refractivity contribution is -0.147. The summed E-state index contributed by atoms with van der Waals surface area (Å²) in [4.78, 5) is 40.0. The summed E-state index contributed by atoms with van der Waals surface area (Å²) in [5.74, 6) is -1.69. The number of hydrogen-bond donors (Lipinski definition) is 2. The number of β-lactam (4-membered cyclic amide) rings is 1. The van der Waals surface area contributed by atoms with Crippen LogP contribution in [-0.4, -0.2) is 61.0 Å². The van der Waals surface area contributed by atoms with Gasteiger partial charge in [0.05, 0.1) is 0 Å². The number of ether oxygens (including phenoxy) is 1. The summed E-state index contributed by atoms with van der Waals surface area (Å²) >= 11 is 2.54. The van der Waals surface area contributed by atoms with Crippen molar-refractivity contribution in [3.05, 3.63) is 17.6 Å². The molecular weight excluding hydrogens is 344 g/mol. The number of anilines is 1. The molecule has 2 aliphatic heterocycles. The quantitative estimate of drug-likeness (QED) is 0.560. The summed E-state index contributed by atoms with van der Waals surface area (Å²) in [6.45, 7) is 1.12. The van der Waals surface area contributed by atoms with Crippen LogP contribution < -0.4 is 5.32 Å². The number of carboxylic acid groups (broad SMARTS) is 1. The van der Waals surface area contributed by atoms with E-state index in [1.807, 2.05) is 0 Å². The first-order chi connectivity index (χ1) is 11.0. The van der Waals surface area contributed by atoms with Crippen LogP contribution in [0.5, 0.6) is 0 Å². The van der Waals surface area contributed by atoms with Crippen LogP contribution in [0, 0.1) is 0 Å². The van der Waals surface area contributed by atoms with Crippen LogP contribution >= 0.6 is 23.3 Å². The zero-order valence-electron chi connectivity index (χ0n) is 11.9. The number of esters is 1. The fraction of sp³-hybridized carbons (Fsp3) is 0.417. The standard InChI is InChI=1S/C12H12N4O5S2/c1-5(17)21-2-6-3-22-10-7(15-12-13-4-14-23-12)9(18)16(10)8(6)11(19)20/h4,7,10H,2-3H2,1H3,(H,19,20)(H,13,14,15)/t7-,10-/m1/s1. The third-order valence-electron chi connectivity index (χ3n) is 3.34. The van der Waals surface area contributed by atoms with Gasteiger partial charge in [0.25, 0.3) is 5.91 Å². The fourth-order valence-electron chi connectivity index (χ4n) is 2.35. The number of carboxylic acids is 1. The Labute approximate surface area is 138 Å². The molecule has 1 fully saturated rings. The van der Waals surface area contributed by atoms with E-state index in [1.165, 1.54) is 29.9 Å². The van der Waals surface area contributed by atoms with E-state index < -0.39 is 18.0 Å². The Morgan fingerprint density at radius 3 is 2.96 bits per heavy atom. The maximum Gasteiger partial charge on any atom is 0.352 e. The van der Waals surface area contributed by atoms with Crippen molar-refractivity contribution < 1.29 is 24.2 Å². The van der Waals surface area contributed by atoms with Crippen LogP contribution in [0.15, 0.2) is 17.6 Å². The van der Waals surface area contributed by atoms with E-state index in [0.717, 1.165) is 11.5 Å². The molecule has 1 saturated heterocycles. The predicted molar refractivity (Wildman–Crippen MR) is 81.7 cm³/mol. The van der Waals surface area contributed by atoms with Gasteiger partial charge < -0.3 is 15.2 Å². The summed E-state index contributed by atoms with van der Waals surface area (Å²) in [5.41, 5.74) is 0.312. The van der Waals surface area contributed by atoms with Gasteiger partial charge in [0, 0.05) is 29.8 Å². The SMILES string of the molecule is CC(=O)OCC1=C(C(=O)O)N2C(=O)[C@@H](Nc3ncns3)[C@H]2SC1. The molecule has 1 aromatic rings. The second-order valence-electron chi connectivity index (χ2n) is 4.82. The van der Waals surface area contributed by atoms with Gasteiger partial charge in [0.2, 0.25) is 5.13 Å². The largest absolute Gasteiger partial charge is 0.477 e. The van der Waals surface area contributed by atoms with Crippen molar-refractivity contribution >= 4 is 46.3 Å². The Bertz CT molecular complexity index is 690. The number of aliphatic carboxylic acids is 1. The van der Waals surface area contributed by atoms with Gasteiger partial charge in [-0.2, -0.15) is 4.37 Å². The highest BCUT2D eigenvalue weighted by Gasteiger charge is 2.54. The summed E-state index contributed by atoms with van der Waals surface area (Å²) in [6, 6.07) is -0.544. The van der Waals surface area contributed by atoms with Gasteiger partial charge in [-0.3, -0.25) is 14.5 Å². The molecule has 2 N–H and O–H groups in total. The van der Waals surface area contributed by atoms with Gasteiger partial charge in [-0.1, -0.05) is 0 Å². The number of carbonyl (C=O) groups is 3. The minimum Gasteiger partial charge on any atom is -0.477 e. The zero-order valence-corrected chi connectivity index (χ0v) is 13.5. The molecule has 0 aliphatic carbocycles. The number of rotatable bonds is 5. The van der Waals surface area contributed by atoms with Crippen LogP contribution in [0.2, 0.25) is 0 Å². The number of carbonyl (C=O) groups excluding carboxylic acids is 2. The van der Waals surface area contributed by atoms with E-state index in [9.17, 15) is 19.5 Å². The van der Waals surface area contributed by atoms with Crippen molar-refractivity contribution in [2.24, 2.45) is 0 Å². The monoisotopic (exact) mass is 356 g/mol. The number of amides is 1. The molecule has 3 rings (SSSR count). The summed E-state index contributed by atoms with van der Waals surface area (Å²) < 4.78 is 8.72. The Morgan fingerprint density at radius 1 is 1.57 bits per heavy atom. The second-order valence-corrected chi connectivity index (χ2v) is 6.70. The first kappa shape index (κ1) is 15.7.